The lowest BCUT2D eigenvalue weighted by atomic mass is 10.0. The van der Waals surface area contributed by atoms with Crippen molar-refractivity contribution in [2.45, 2.75) is 5.92 Å². The Labute approximate surface area is 85.7 Å². The average molecular weight is 214 g/mol. The number of nitrogens with zero attached hydrogens (tertiary/aromatic N) is 1. The van der Waals surface area contributed by atoms with Gasteiger partial charge in [-0.05, 0) is 12.1 Å². The molecule has 1 unspecified atom stereocenters. The molecule has 0 aromatic heterocycles. The zero-order valence-corrected chi connectivity index (χ0v) is 8.01. The van der Waals surface area contributed by atoms with Crippen LogP contribution in [-0.4, -0.2) is 6.29 Å². The van der Waals surface area contributed by atoms with Gasteiger partial charge in [0.15, 0.2) is 0 Å². The van der Waals surface area contributed by atoms with Gasteiger partial charge in [-0.2, -0.15) is 5.26 Å². The van der Waals surface area contributed by atoms with Gasteiger partial charge in [0.05, 0.1) is 6.07 Å². The van der Waals surface area contributed by atoms with E-state index in [1.165, 1.54) is 0 Å². The van der Waals surface area contributed by atoms with E-state index in [1.54, 1.807) is 18.2 Å². The van der Waals surface area contributed by atoms with Crippen LogP contribution in [0.4, 0.5) is 0 Å². The van der Waals surface area contributed by atoms with Crippen molar-refractivity contribution in [1.29, 1.82) is 5.26 Å². The molecular formula is C9H5Cl2NO. The van der Waals surface area contributed by atoms with Crippen molar-refractivity contribution in [3.63, 3.8) is 0 Å². The van der Waals surface area contributed by atoms with Gasteiger partial charge in [-0.25, -0.2) is 0 Å². The molecule has 0 saturated carbocycles. The fourth-order valence-corrected chi connectivity index (χ4v) is 1.60. The quantitative estimate of drug-likeness (QED) is 0.710. The highest BCUT2D eigenvalue weighted by Gasteiger charge is 2.16. The molecule has 1 rings (SSSR count). The molecule has 1 aromatic rings. The molecule has 0 aliphatic heterocycles. The number of nitriles is 1. The van der Waals surface area contributed by atoms with E-state index in [0.29, 0.717) is 21.9 Å². The summed E-state index contributed by atoms with van der Waals surface area (Å²) in [5.41, 5.74) is 0.378. The Morgan fingerprint density at radius 3 is 2.31 bits per heavy atom. The van der Waals surface area contributed by atoms with E-state index in [-0.39, 0.29) is 0 Å². The van der Waals surface area contributed by atoms with E-state index in [0.717, 1.165) is 0 Å². The van der Waals surface area contributed by atoms with Crippen LogP contribution < -0.4 is 0 Å². The third-order valence-electron chi connectivity index (χ3n) is 1.59. The molecular weight excluding hydrogens is 209 g/mol. The number of rotatable bonds is 2. The molecule has 0 bridgehead atoms. The summed E-state index contributed by atoms with van der Waals surface area (Å²) < 4.78 is 0. The van der Waals surface area contributed by atoms with Crippen molar-refractivity contribution in [3.8, 4) is 6.07 Å². The summed E-state index contributed by atoms with van der Waals surface area (Å²) in [6, 6.07) is 6.66. The highest BCUT2D eigenvalue weighted by molar-refractivity contribution is 6.36. The molecule has 0 amide bonds. The van der Waals surface area contributed by atoms with Gasteiger partial charge in [0, 0.05) is 15.6 Å². The Balaban J connectivity index is 3.28. The van der Waals surface area contributed by atoms with E-state index < -0.39 is 5.92 Å². The van der Waals surface area contributed by atoms with Gasteiger partial charge in [0.1, 0.15) is 12.2 Å². The normalized spacial score (nSPS) is 11.8. The van der Waals surface area contributed by atoms with E-state index >= 15 is 0 Å². The van der Waals surface area contributed by atoms with Crippen LogP contribution in [0.25, 0.3) is 0 Å². The maximum atomic E-state index is 10.5. The molecule has 0 fully saturated rings. The maximum absolute atomic E-state index is 10.5. The van der Waals surface area contributed by atoms with Crippen molar-refractivity contribution in [2.75, 3.05) is 0 Å². The van der Waals surface area contributed by atoms with Crippen molar-refractivity contribution < 1.29 is 4.79 Å². The molecule has 66 valence electrons. The standard InChI is InChI=1S/C9H5Cl2NO/c10-7-2-1-3-8(11)9(7)6(4-12)5-13/h1-3,5-6H. The Morgan fingerprint density at radius 1 is 1.38 bits per heavy atom. The van der Waals surface area contributed by atoms with E-state index in [4.69, 9.17) is 28.5 Å². The minimum atomic E-state index is -0.888. The van der Waals surface area contributed by atoms with Crippen LogP contribution in [0.2, 0.25) is 10.0 Å². The third-order valence-corrected chi connectivity index (χ3v) is 2.25. The molecule has 0 radical (unpaired) electrons. The van der Waals surface area contributed by atoms with Crippen LogP contribution in [0.15, 0.2) is 18.2 Å². The fourth-order valence-electron chi connectivity index (χ4n) is 0.971. The Morgan fingerprint density at radius 2 is 1.92 bits per heavy atom. The van der Waals surface area contributed by atoms with Gasteiger partial charge in [0.25, 0.3) is 0 Å². The lowest BCUT2D eigenvalue weighted by Gasteiger charge is -2.06. The molecule has 4 heteroatoms. The van der Waals surface area contributed by atoms with Gasteiger partial charge >= 0.3 is 0 Å². The zero-order chi connectivity index (χ0) is 9.84. The van der Waals surface area contributed by atoms with Crippen LogP contribution >= 0.6 is 23.2 Å². The monoisotopic (exact) mass is 213 g/mol. The summed E-state index contributed by atoms with van der Waals surface area (Å²) in [6.07, 6.45) is 0.521. The lowest BCUT2D eigenvalue weighted by molar-refractivity contribution is -0.108. The second-order valence-corrected chi connectivity index (χ2v) is 3.19. The number of hydrogen-bond donors (Lipinski definition) is 0. The minimum Gasteiger partial charge on any atom is -0.302 e. The van der Waals surface area contributed by atoms with Gasteiger partial charge in [-0.3, -0.25) is 0 Å². The number of carbonyl (C=O) groups excluding carboxylic acids is 1. The molecule has 0 spiro atoms. The second kappa shape index (κ2) is 4.27. The summed E-state index contributed by atoms with van der Waals surface area (Å²) in [5.74, 6) is -0.888. The van der Waals surface area contributed by atoms with Gasteiger partial charge in [-0.15, -0.1) is 0 Å². The first-order valence-corrected chi connectivity index (χ1v) is 4.25. The molecule has 0 aliphatic carbocycles. The first-order valence-electron chi connectivity index (χ1n) is 3.49. The number of carbonyl (C=O) groups is 1. The summed E-state index contributed by atoms with van der Waals surface area (Å²) in [4.78, 5) is 10.5. The summed E-state index contributed by atoms with van der Waals surface area (Å²) in [5, 5.41) is 9.31. The fraction of sp³-hybridized carbons (Fsp3) is 0.111. The van der Waals surface area contributed by atoms with Crippen molar-refractivity contribution >= 4 is 29.5 Å². The van der Waals surface area contributed by atoms with Crippen LogP contribution in [0.1, 0.15) is 11.5 Å². The van der Waals surface area contributed by atoms with Crippen LogP contribution in [0.5, 0.6) is 0 Å². The first kappa shape index (κ1) is 10.0. The van der Waals surface area contributed by atoms with Gasteiger partial charge in [-0.1, -0.05) is 29.3 Å². The molecule has 0 aliphatic rings. The predicted octanol–water partition coefficient (Wildman–Crippen LogP) is 2.80. The second-order valence-electron chi connectivity index (χ2n) is 2.38. The van der Waals surface area contributed by atoms with Crippen LogP contribution in [0.3, 0.4) is 0 Å². The zero-order valence-electron chi connectivity index (χ0n) is 6.50. The number of halogens is 2. The SMILES string of the molecule is N#CC(C=O)c1c(Cl)cccc1Cl. The molecule has 0 saturated heterocycles. The van der Waals surface area contributed by atoms with Gasteiger partial charge < -0.3 is 4.79 Å². The smallest absolute Gasteiger partial charge is 0.141 e. The van der Waals surface area contributed by atoms with Crippen molar-refractivity contribution in [3.05, 3.63) is 33.8 Å². The van der Waals surface area contributed by atoms with Gasteiger partial charge in [0.2, 0.25) is 0 Å². The highest BCUT2D eigenvalue weighted by atomic mass is 35.5. The summed E-state index contributed by atoms with van der Waals surface area (Å²) >= 11 is 11.6. The molecule has 0 heterocycles. The Kier molecular flexibility index (Phi) is 3.30. The molecule has 0 N–H and O–H groups in total. The molecule has 1 aromatic carbocycles. The molecule has 13 heavy (non-hydrogen) atoms. The largest absolute Gasteiger partial charge is 0.302 e. The van der Waals surface area contributed by atoms with E-state index in [1.807, 2.05) is 6.07 Å². The van der Waals surface area contributed by atoms with E-state index in [2.05, 4.69) is 0 Å². The molecule has 1 atom stereocenters. The van der Waals surface area contributed by atoms with Crippen LogP contribution in [0, 0.1) is 11.3 Å². The highest BCUT2D eigenvalue weighted by Crippen LogP contribution is 2.29. The maximum Gasteiger partial charge on any atom is 0.141 e. The average Bonchev–Trinajstić information content (AvgIpc) is 2.11. The predicted molar refractivity (Wildman–Crippen MR) is 50.9 cm³/mol. The summed E-state index contributed by atoms with van der Waals surface area (Å²) in [6.45, 7) is 0. The number of aldehydes is 1. The summed E-state index contributed by atoms with van der Waals surface area (Å²) in [7, 11) is 0. The third kappa shape index (κ3) is 2.00. The van der Waals surface area contributed by atoms with E-state index in [9.17, 15) is 4.79 Å². The number of benzene rings is 1. The Hall–Kier alpha value is -1.04. The lowest BCUT2D eigenvalue weighted by Crippen LogP contribution is -1.98. The van der Waals surface area contributed by atoms with Crippen molar-refractivity contribution in [2.24, 2.45) is 0 Å². The first-order chi connectivity index (χ1) is 6.20. The van der Waals surface area contributed by atoms with Crippen molar-refractivity contribution in [1.82, 2.24) is 0 Å². The Bertz CT molecular complexity index is 350. The molecule has 2 nitrogen and oxygen atoms in total. The minimum absolute atomic E-state index is 0.339. The number of hydrogen-bond acceptors (Lipinski definition) is 2. The topological polar surface area (TPSA) is 40.9 Å². The van der Waals surface area contributed by atoms with Crippen LogP contribution in [-0.2, 0) is 4.79 Å².